The Bertz CT molecular complexity index is 252. The lowest BCUT2D eigenvalue weighted by Crippen LogP contribution is -2.45. The second kappa shape index (κ2) is 4.56. The van der Waals surface area contributed by atoms with Gasteiger partial charge in [-0.05, 0) is 12.8 Å². The van der Waals surface area contributed by atoms with E-state index in [1.165, 1.54) is 13.8 Å². The monoisotopic (exact) mass is 220 g/mol. The third-order valence-corrected chi connectivity index (χ3v) is 2.26. The van der Waals surface area contributed by atoms with Gasteiger partial charge in [0.1, 0.15) is 7.05 Å². The van der Waals surface area contributed by atoms with Gasteiger partial charge in [-0.25, -0.2) is 4.79 Å². The molecular weight excluding hydrogens is 206 g/mol. The lowest BCUT2D eigenvalue weighted by atomic mass is 9.83. The van der Waals surface area contributed by atoms with Gasteiger partial charge in [0, 0.05) is 0 Å². The number of carboxylic acids is 1. The van der Waals surface area contributed by atoms with Crippen molar-refractivity contribution in [2.75, 3.05) is 7.05 Å². The molecule has 0 heterocycles. The van der Waals surface area contributed by atoms with Crippen LogP contribution < -0.4 is 0 Å². The highest BCUT2D eigenvalue weighted by atomic mass is 17.1. The van der Waals surface area contributed by atoms with Crippen LogP contribution in [-0.4, -0.2) is 29.1 Å². The average Bonchev–Trinajstić information content (AvgIpc) is 2.03. The zero-order valence-corrected chi connectivity index (χ0v) is 8.85. The van der Waals surface area contributed by atoms with E-state index in [9.17, 15) is 20.0 Å². The van der Waals surface area contributed by atoms with E-state index in [0.29, 0.717) is 7.05 Å². The number of carboxylic acid groups (broad SMARTS) is 1. The molecule has 0 aromatic rings. The molecule has 7 nitrogen and oxygen atoms in total. The molecule has 0 aliphatic carbocycles. The lowest BCUT2D eigenvalue weighted by molar-refractivity contribution is -0.995. The van der Waals surface area contributed by atoms with Crippen molar-refractivity contribution in [3.8, 4) is 0 Å². The van der Waals surface area contributed by atoms with Crippen molar-refractivity contribution in [2.45, 2.75) is 26.7 Å². The fraction of sp³-hybridized carbons (Fsp3) is 0.750. The van der Waals surface area contributed by atoms with Crippen molar-refractivity contribution in [1.82, 2.24) is 0 Å². The molecule has 0 aromatic heterocycles. The molecule has 15 heavy (non-hydrogen) atoms. The first-order valence-corrected chi connectivity index (χ1v) is 4.45. The van der Waals surface area contributed by atoms with Crippen LogP contribution >= 0.6 is 0 Å². The summed E-state index contributed by atoms with van der Waals surface area (Å²) in [6.45, 7) is 2.94. The summed E-state index contributed by atoms with van der Waals surface area (Å²) in [5, 5.41) is 30.0. The van der Waals surface area contributed by atoms with Gasteiger partial charge in [-0.15, -0.1) is 0 Å². The zero-order chi connectivity index (χ0) is 12.3. The Morgan fingerprint density at radius 1 is 1.33 bits per heavy atom. The SMILES string of the molecule is CCC(CC)(C(=O)O)C(=O)O[N+](C)([O-])[O-]. The van der Waals surface area contributed by atoms with E-state index in [-0.39, 0.29) is 12.8 Å². The number of hydrogen-bond acceptors (Lipinski definition) is 5. The number of carbonyl (C=O) groups excluding carboxylic acids is 1. The van der Waals surface area contributed by atoms with Crippen molar-refractivity contribution in [3.05, 3.63) is 10.4 Å². The largest absolute Gasteiger partial charge is 0.588 e. The third-order valence-electron chi connectivity index (χ3n) is 2.26. The summed E-state index contributed by atoms with van der Waals surface area (Å²) in [4.78, 5) is 23.7. The van der Waals surface area contributed by atoms with E-state index in [1.54, 1.807) is 0 Å². The fourth-order valence-corrected chi connectivity index (χ4v) is 1.17. The quantitative estimate of drug-likeness (QED) is 0.416. The molecule has 0 saturated carbocycles. The van der Waals surface area contributed by atoms with E-state index >= 15 is 0 Å². The Kier molecular flexibility index (Phi) is 4.20. The molecule has 0 unspecified atom stereocenters. The second-order valence-corrected chi connectivity index (χ2v) is 3.24. The van der Waals surface area contributed by atoms with E-state index in [1.807, 2.05) is 0 Å². The standard InChI is InChI=1S/C8H14NO6/c1-4-8(5-2,6(10)11)7(12)15-9(3,13)14/h4-5H2,1-3H3,(H,10,11)/q-1. The minimum absolute atomic E-state index is 0.0440. The number of nitrogens with zero attached hydrogens (tertiary/aromatic N) is 1. The molecule has 0 rings (SSSR count). The Labute approximate surface area is 86.9 Å². The first-order chi connectivity index (χ1) is 6.69. The first-order valence-electron chi connectivity index (χ1n) is 4.45. The minimum atomic E-state index is -2.53. The number of carbonyl (C=O) groups is 2. The Morgan fingerprint density at radius 2 is 1.73 bits per heavy atom. The predicted octanol–water partition coefficient (Wildman–Crippen LogP) is 0.778. The summed E-state index contributed by atoms with van der Waals surface area (Å²) in [7, 11) is 0.551. The van der Waals surface area contributed by atoms with Gasteiger partial charge in [-0.3, -0.25) is 9.63 Å². The van der Waals surface area contributed by atoms with Gasteiger partial charge in [0.2, 0.25) is 0 Å². The molecule has 0 saturated heterocycles. The molecule has 0 aromatic carbocycles. The highest BCUT2D eigenvalue weighted by Gasteiger charge is 2.46. The Hall–Kier alpha value is -1.18. The lowest BCUT2D eigenvalue weighted by Gasteiger charge is -2.39. The van der Waals surface area contributed by atoms with Crippen LogP contribution in [0.25, 0.3) is 0 Å². The molecular formula is C8H14NO6-. The topological polar surface area (TPSA) is 110 Å². The maximum atomic E-state index is 11.4. The normalized spacial score (nSPS) is 12.3. The van der Waals surface area contributed by atoms with Gasteiger partial charge in [-0.1, -0.05) is 13.8 Å². The molecule has 0 bridgehead atoms. The third kappa shape index (κ3) is 3.15. The number of quaternary nitrogens is 1. The summed E-state index contributed by atoms with van der Waals surface area (Å²) in [6.07, 6.45) is -0.0880. The highest BCUT2D eigenvalue weighted by Crippen LogP contribution is 2.29. The van der Waals surface area contributed by atoms with E-state index in [4.69, 9.17) is 5.11 Å². The van der Waals surface area contributed by atoms with Gasteiger partial charge in [0.15, 0.2) is 5.41 Å². The number of hydrogen-bond donors (Lipinski definition) is 1. The van der Waals surface area contributed by atoms with Crippen molar-refractivity contribution >= 4 is 11.9 Å². The molecule has 0 radical (unpaired) electrons. The van der Waals surface area contributed by atoms with Crippen molar-refractivity contribution in [3.63, 3.8) is 0 Å². The van der Waals surface area contributed by atoms with Crippen LogP contribution in [0.3, 0.4) is 0 Å². The molecule has 0 amide bonds. The Morgan fingerprint density at radius 3 is 1.93 bits per heavy atom. The zero-order valence-electron chi connectivity index (χ0n) is 8.85. The van der Waals surface area contributed by atoms with Crippen LogP contribution in [0.1, 0.15) is 26.7 Å². The predicted molar refractivity (Wildman–Crippen MR) is 49.7 cm³/mol. The molecule has 0 atom stereocenters. The molecule has 1 N–H and O–H groups in total. The van der Waals surface area contributed by atoms with Crippen molar-refractivity contribution in [1.29, 1.82) is 0 Å². The maximum absolute atomic E-state index is 11.4. The molecule has 7 heteroatoms. The minimum Gasteiger partial charge on any atom is -0.588 e. The second-order valence-electron chi connectivity index (χ2n) is 3.24. The van der Waals surface area contributed by atoms with Crippen LogP contribution in [0.15, 0.2) is 0 Å². The molecule has 0 aliphatic rings. The fourth-order valence-electron chi connectivity index (χ4n) is 1.17. The highest BCUT2D eigenvalue weighted by molar-refractivity contribution is 5.98. The van der Waals surface area contributed by atoms with Crippen LogP contribution in [-0.2, 0) is 14.4 Å². The van der Waals surface area contributed by atoms with Gasteiger partial charge in [-0.2, -0.15) is 4.97 Å². The van der Waals surface area contributed by atoms with Gasteiger partial charge < -0.3 is 15.5 Å². The number of rotatable bonds is 5. The van der Waals surface area contributed by atoms with Crippen LogP contribution in [0.4, 0.5) is 0 Å². The molecule has 0 spiro atoms. The summed E-state index contributed by atoms with van der Waals surface area (Å²) in [5.74, 6) is -2.70. The number of aliphatic carboxylic acids is 1. The smallest absolute Gasteiger partial charge is 0.384 e. The summed E-state index contributed by atoms with van der Waals surface area (Å²) in [6, 6.07) is 0. The number of hydroxylamine groups is 3. The van der Waals surface area contributed by atoms with Crippen LogP contribution in [0.2, 0.25) is 0 Å². The summed E-state index contributed by atoms with van der Waals surface area (Å²) in [5.41, 5.74) is -1.81. The molecule has 0 fully saturated rings. The van der Waals surface area contributed by atoms with Gasteiger partial charge in [0.25, 0.3) is 0 Å². The molecule has 0 aliphatic heterocycles. The summed E-state index contributed by atoms with van der Waals surface area (Å²) >= 11 is 0. The van der Waals surface area contributed by atoms with Gasteiger partial charge >= 0.3 is 11.9 Å². The van der Waals surface area contributed by atoms with Crippen molar-refractivity contribution < 1.29 is 24.5 Å². The average molecular weight is 220 g/mol. The van der Waals surface area contributed by atoms with E-state index in [0.717, 1.165) is 0 Å². The summed E-state index contributed by atoms with van der Waals surface area (Å²) < 4.78 is 0. The maximum Gasteiger partial charge on any atom is 0.384 e. The van der Waals surface area contributed by atoms with Gasteiger partial charge in [0.05, 0.1) is 0 Å². The first kappa shape index (κ1) is 13.8. The van der Waals surface area contributed by atoms with Crippen molar-refractivity contribution in [2.24, 2.45) is 5.41 Å². The van der Waals surface area contributed by atoms with Crippen LogP contribution in [0, 0.1) is 15.8 Å². The molecule has 88 valence electrons. The van der Waals surface area contributed by atoms with Crippen LogP contribution in [0.5, 0.6) is 0 Å². The van der Waals surface area contributed by atoms with E-state index in [2.05, 4.69) is 4.84 Å². The van der Waals surface area contributed by atoms with E-state index < -0.39 is 22.3 Å². The Balaban J connectivity index is 4.95.